The maximum absolute atomic E-state index is 11.6. The highest BCUT2D eigenvalue weighted by Crippen LogP contribution is 2.19. The van der Waals surface area contributed by atoms with Crippen molar-refractivity contribution in [2.45, 2.75) is 26.4 Å². The maximum atomic E-state index is 11.6. The standard InChI is InChI=1S/C11H18N2O5/c1-11(2,3)18-10(17)13-5-7(6-13)9(16)12-4-8(14)15/h7H,4-6H2,1-3H3,(H,12,16)(H,14,15). The number of amides is 2. The monoisotopic (exact) mass is 258 g/mol. The molecule has 0 aromatic heterocycles. The van der Waals surface area contributed by atoms with Gasteiger partial charge in [-0.1, -0.05) is 0 Å². The fourth-order valence-corrected chi connectivity index (χ4v) is 1.43. The molecule has 7 nitrogen and oxygen atoms in total. The second-order valence-electron chi connectivity index (χ2n) is 5.19. The zero-order chi connectivity index (χ0) is 13.9. The van der Waals surface area contributed by atoms with E-state index in [1.165, 1.54) is 4.90 Å². The predicted octanol–water partition coefficient (Wildman–Crippen LogP) is 0.0541. The zero-order valence-corrected chi connectivity index (χ0v) is 10.7. The number of hydrogen-bond acceptors (Lipinski definition) is 4. The number of ether oxygens (including phenoxy) is 1. The summed E-state index contributed by atoms with van der Waals surface area (Å²) in [6.45, 7) is 5.42. The number of likely N-dealkylation sites (tertiary alicyclic amines) is 1. The van der Waals surface area contributed by atoms with E-state index >= 15 is 0 Å². The molecule has 1 aliphatic heterocycles. The largest absolute Gasteiger partial charge is 0.480 e. The van der Waals surface area contributed by atoms with Gasteiger partial charge in [0.05, 0.1) is 5.92 Å². The summed E-state index contributed by atoms with van der Waals surface area (Å²) in [5.74, 6) is -1.79. The van der Waals surface area contributed by atoms with Crippen LogP contribution in [0.15, 0.2) is 0 Å². The third-order valence-corrected chi connectivity index (χ3v) is 2.32. The van der Waals surface area contributed by atoms with Crippen molar-refractivity contribution in [2.24, 2.45) is 5.92 Å². The van der Waals surface area contributed by atoms with E-state index in [2.05, 4.69) is 5.32 Å². The minimum Gasteiger partial charge on any atom is -0.480 e. The molecule has 1 fully saturated rings. The van der Waals surface area contributed by atoms with Crippen molar-refractivity contribution in [3.8, 4) is 0 Å². The van der Waals surface area contributed by atoms with Gasteiger partial charge in [0.25, 0.3) is 0 Å². The molecule has 0 atom stereocenters. The summed E-state index contributed by atoms with van der Waals surface area (Å²) < 4.78 is 5.13. The number of nitrogens with zero attached hydrogens (tertiary/aromatic N) is 1. The number of aliphatic carboxylic acids is 1. The van der Waals surface area contributed by atoms with E-state index in [1.54, 1.807) is 20.8 Å². The first-order valence-electron chi connectivity index (χ1n) is 5.66. The number of nitrogens with one attached hydrogen (secondary N) is 1. The summed E-state index contributed by atoms with van der Waals surface area (Å²) in [6.07, 6.45) is -0.454. The molecule has 0 bridgehead atoms. The van der Waals surface area contributed by atoms with Crippen LogP contribution in [0.1, 0.15) is 20.8 Å². The Labute approximate surface area is 105 Å². The van der Waals surface area contributed by atoms with Crippen LogP contribution >= 0.6 is 0 Å². The Bertz CT molecular complexity index is 355. The number of rotatable bonds is 3. The van der Waals surface area contributed by atoms with Gasteiger partial charge in [0, 0.05) is 13.1 Å². The van der Waals surface area contributed by atoms with Crippen molar-refractivity contribution in [3.63, 3.8) is 0 Å². The Morgan fingerprint density at radius 2 is 1.89 bits per heavy atom. The minimum absolute atomic E-state index is 0.264. The number of carbonyl (C=O) groups excluding carboxylic acids is 2. The fraction of sp³-hybridized carbons (Fsp3) is 0.727. The third-order valence-electron chi connectivity index (χ3n) is 2.32. The molecule has 1 rings (SSSR count). The molecule has 0 aromatic carbocycles. The molecular weight excluding hydrogens is 240 g/mol. The molecule has 1 saturated heterocycles. The van der Waals surface area contributed by atoms with Crippen LogP contribution in [0.5, 0.6) is 0 Å². The van der Waals surface area contributed by atoms with Crippen LogP contribution in [0.3, 0.4) is 0 Å². The van der Waals surface area contributed by atoms with Crippen molar-refractivity contribution in [2.75, 3.05) is 19.6 Å². The first-order valence-corrected chi connectivity index (χ1v) is 5.66. The molecule has 0 spiro atoms. The van der Waals surface area contributed by atoms with Crippen molar-refractivity contribution in [1.29, 1.82) is 0 Å². The van der Waals surface area contributed by atoms with Gasteiger partial charge in [0.15, 0.2) is 0 Å². The lowest BCUT2D eigenvalue weighted by molar-refractivity contribution is -0.139. The van der Waals surface area contributed by atoms with Crippen molar-refractivity contribution < 1.29 is 24.2 Å². The molecule has 1 heterocycles. The van der Waals surface area contributed by atoms with Gasteiger partial charge in [0.1, 0.15) is 12.1 Å². The van der Waals surface area contributed by atoms with Gasteiger partial charge in [-0.05, 0) is 20.8 Å². The highest BCUT2D eigenvalue weighted by atomic mass is 16.6. The van der Waals surface area contributed by atoms with Gasteiger partial charge in [-0.3, -0.25) is 9.59 Å². The summed E-state index contributed by atoms with van der Waals surface area (Å²) in [7, 11) is 0. The van der Waals surface area contributed by atoms with E-state index in [-0.39, 0.29) is 24.9 Å². The maximum Gasteiger partial charge on any atom is 0.410 e. The smallest absolute Gasteiger partial charge is 0.410 e. The fourth-order valence-electron chi connectivity index (χ4n) is 1.43. The van der Waals surface area contributed by atoms with Gasteiger partial charge in [-0.25, -0.2) is 4.79 Å². The molecule has 102 valence electrons. The van der Waals surface area contributed by atoms with E-state index in [9.17, 15) is 14.4 Å². The van der Waals surface area contributed by atoms with Gasteiger partial charge in [0.2, 0.25) is 5.91 Å². The van der Waals surface area contributed by atoms with Crippen LogP contribution < -0.4 is 5.32 Å². The summed E-state index contributed by atoms with van der Waals surface area (Å²) in [5.41, 5.74) is -0.562. The molecular formula is C11H18N2O5. The number of carbonyl (C=O) groups is 3. The lowest BCUT2D eigenvalue weighted by Gasteiger charge is -2.38. The van der Waals surface area contributed by atoms with Crippen LogP contribution in [0.4, 0.5) is 4.79 Å². The first kappa shape index (κ1) is 14.3. The summed E-state index contributed by atoms with van der Waals surface area (Å²) in [5, 5.41) is 10.7. The topological polar surface area (TPSA) is 95.9 Å². The van der Waals surface area contributed by atoms with Crippen molar-refractivity contribution in [1.82, 2.24) is 10.2 Å². The first-order chi connectivity index (χ1) is 8.19. The molecule has 1 aliphatic rings. The van der Waals surface area contributed by atoms with Gasteiger partial charge < -0.3 is 20.1 Å². The number of hydrogen-bond donors (Lipinski definition) is 2. The van der Waals surface area contributed by atoms with Gasteiger partial charge in [-0.2, -0.15) is 0 Å². The summed E-state index contributed by atoms with van der Waals surface area (Å²) in [6, 6.07) is 0. The number of carboxylic acid groups (broad SMARTS) is 1. The molecule has 0 saturated carbocycles. The average molecular weight is 258 g/mol. The Morgan fingerprint density at radius 1 is 1.33 bits per heavy atom. The van der Waals surface area contributed by atoms with Crippen LogP contribution in [-0.4, -0.2) is 53.2 Å². The summed E-state index contributed by atoms with van der Waals surface area (Å²) in [4.78, 5) is 34.7. The quantitative estimate of drug-likeness (QED) is 0.746. The van der Waals surface area contributed by atoms with E-state index in [4.69, 9.17) is 9.84 Å². The van der Waals surface area contributed by atoms with E-state index in [0.717, 1.165) is 0 Å². The lowest BCUT2D eigenvalue weighted by Crippen LogP contribution is -2.57. The van der Waals surface area contributed by atoms with Crippen LogP contribution in [-0.2, 0) is 14.3 Å². The Balaban J connectivity index is 2.29. The molecule has 2 N–H and O–H groups in total. The van der Waals surface area contributed by atoms with Crippen LogP contribution in [0.2, 0.25) is 0 Å². The third kappa shape index (κ3) is 4.23. The highest BCUT2D eigenvalue weighted by Gasteiger charge is 2.37. The highest BCUT2D eigenvalue weighted by molar-refractivity contribution is 5.85. The second kappa shape index (κ2) is 5.24. The molecule has 7 heteroatoms. The van der Waals surface area contributed by atoms with Gasteiger partial charge >= 0.3 is 12.1 Å². The second-order valence-corrected chi connectivity index (χ2v) is 5.19. The molecule has 0 aliphatic carbocycles. The molecule has 0 aromatic rings. The molecule has 2 amide bonds. The van der Waals surface area contributed by atoms with Crippen LogP contribution in [0.25, 0.3) is 0 Å². The van der Waals surface area contributed by atoms with Crippen molar-refractivity contribution >= 4 is 18.0 Å². The van der Waals surface area contributed by atoms with E-state index < -0.39 is 24.2 Å². The van der Waals surface area contributed by atoms with E-state index in [0.29, 0.717) is 0 Å². The molecule has 0 radical (unpaired) electrons. The Kier molecular flexibility index (Phi) is 4.15. The minimum atomic E-state index is -1.09. The van der Waals surface area contributed by atoms with Crippen molar-refractivity contribution in [3.05, 3.63) is 0 Å². The Hall–Kier alpha value is -1.79. The Morgan fingerprint density at radius 3 is 2.33 bits per heavy atom. The zero-order valence-electron chi connectivity index (χ0n) is 10.7. The van der Waals surface area contributed by atoms with Gasteiger partial charge in [-0.15, -0.1) is 0 Å². The normalized spacial score (nSPS) is 15.8. The predicted molar refractivity (Wildman–Crippen MR) is 61.9 cm³/mol. The lowest BCUT2D eigenvalue weighted by atomic mass is 10.00. The summed E-state index contributed by atoms with van der Waals surface area (Å²) >= 11 is 0. The average Bonchev–Trinajstić information content (AvgIpc) is 2.08. The molecule has 0 unspecified atom stereocenters. The number of carboxylic acids is 1. The SMILES string of the molecule is CC(C)(C)OC(=O)N1CC(C(=O)NCC(=O)O)C1. The van der Waals surface area contributed by atoms with E-state index in [1.807, 2.05) is 0 Å². The molecule has 18 heavy (non-hydrogen) atoms. The van der Waals surface area contributed by atoms with Crippen LogP contribution in [0, 0.1) is 5.92 Å².